The van der Waals surface area contributed by atoms with Crippen molar-refractivity contribution in [3.05, 3.63) is 66.5 Å². The number of ether oxygens (including phenoxy) is 1. The Morgan fingerprint density at radius 2 is 1.66 bits per heavy atom. The zero-order valence-electron chi connectivity index (χ0n) is 16.3. The predicted molar refractivity (Wildman–Crippen MR) is 114 cm³/mol. The van der Waals surface area contributed by atoms with Gasteiger partial charge in [0.1, 0.15) is 11.4 Å². The fourth-order valence-corrected chi connectivity index (χ4v) is 3.27. The summed E-state index contributed by atoms with van der Waals surface area (Å²) in [5.41, 5.74) is 3.05. The smallest absolute Gasteiger partial charge is 0.274 e. The third-order valence-electron chi connectivity index (χ3n) is 4.83. The van der Waals surface area contributed by atoms with Gasteiger partial charge in [-0.2, -0.15) is 0 Å². The van der Waals surface area contributed by atoms with Crippen LogP contribution in [0.2, 0.25) is 0 Å². The van der Waals surface area contributed by atoms with Gasteiger partial charge in [-0.1, -0.05) is 0 Å². The summed E-state index contributed by atoms with van der Waals surface area (Å²) in [6.07, 6.45) is 4.06. The number of carbonyl (C=O) groups is 1. The Hall–Kier alpha value is -3.61. The first-order valence-electron chi connectivity index (χ1n) is 9.62. The number of methoxy groups -OCH3 is 1. The molecular weight excluding hydrogens is 366 g/mol. The molecule has 0 aliphatic carbocycles. The second kappa shape index (κ2) is 8.60. The number of benzene rings is 2. The number of hydrogen-bond acceptors (Lipinski definition) is 6. The molecular formula is C22H23N5O2. The lowest BCUT2D eigenvalue weighted by atomic mass is 10.2. The van der Waals surface area contributed by atoms with Crippen LogP contribution in [0.25, 0.3) is 0 Å². The van der Waals surface area contributed by atoms with Crippen LogP contribution in [-0.4, -0.2) is 36.1 Å². The molecule has 1 amide bonds. The minimum Gasteiger partial charge on any atom is -0.497 e. The van der Waals surface area contributed by atoms with Crippen molar-refractivity contribution >= 4 is 28.9 Å². The van der Waals surface area contributed by atoms with E-state index in [1.54, 1.807) is 43.6 Å². The molecule has 0 spiro atoms. The Labute approximate surface area is 169 Å². The zero-order valence-corrected chi connectivity index (χ0v) is 16.3. The molecule has 29 heavy (non-hydrogen) atoms. The molecule has 1 aliphatic rings. The molecule has 2 heterocycles. The standard InChI is InChI=1S/C22H23N5O2/c1-29-19-10-6-16(7-11-19)24-21(28)20-12-13-23-22(26-20)25-17-4-8-18(9-5-17)27-14-2-3-15-27/h4-13H,2-3,14-15H2,1H3,(H,24,28)(H,23,25,26). The van der Waals surface area contributed by atoms with Gasteiger partial charge >= 0.3 is 0 Å². The number of amides is 1. The second-order valence-electron chi connectivity index (χ2n) is 6.81. The third kappa shape index (κ3) is 4.63. The largest absolute Gasteiger partial charge is 0.497 e. The zero-order chi connectivity index (χ0) is 20.1. The number of aromatic nitrogens is 2. The quantitative estimate of drug-likeness (QED) is 0.661. The van der Waals surface area contributed by atoms with Crippen LogP contribution in [0.4, 0.5) is 23.0 Å². The van der Waals surface area contributed by atoms with E-state index in [-0.39, 0.29) is 11.6 Å². The van der Waals surface area contributed by atoms with Gasteiger partial charge in [-0.25, -0.2) is 9.97 Å². The molecule has 1 saturated heterocycles. The van der Waals surface area contributed by atoms with Crippen LogP contribution in [0.3, 0.4) is 0 Å². The van der Waals surface area contributed by atoms with E-state index in [4.69, 9.17) is 4.74 Å². The average Bonchev–Trinajstić information content (AvgIpc) is 3.30. The Balaban J connectivity index is 1.41. The van der Waals surface area contributed by atoms with Gasteiger partial charge in [0.2, 0.25) is 5.95 Å². The van der Waals surface area contributed by atoms with Gasteiger partial charge < -0.3 is 20.3 Å². The molecule has 0 atom stereocenters. The molecule has 1 aliphatic heterocycles. The summed E-state index contributed by atoms with van der Waals surface area (Å²) in [5, 5.41) is 5.98. The van der Waals surface area contributed by atoms with Crippen molar-refractivity contribution in [3.8, 4) is 5.75 Å². The topological polar surface area (TPSA) is 79.4 Å². The van der Waals surface area contributed by atoms with E-state index in [0.717, 1.165) is 24.5 Å². The van der Waals surface area contributed by atoms with Crippen molar-refractivity contribution in [3.63, 3.8) is 0 Å². The fourth-order valence-electron chi connectivity index (χ4n) is 3.27. The van der Waals surface area contributed by atoms with E-state index in [1.165, 1.54) is 18.5 Å². The van der Waals surface area contributed by atoms with Gasteiger partial charge in [-0.05, 0) is 67.4 Å². The van der Waals surface area contributed by atoms with E-state index in [9.17, 15) is 4.79 Å². The van der Waals surface area contributed by atoms with Crippen LogP contribution in [0.15, 0.2) is 60.8 Å². The molecule has 2 N–H and O–H groups in total. The van der Waals surface area contributed by atoms with E-state index in [0.29, 0.717) is 11.6 Å². The average molecular weight is 389 g/mol. The number of carbonyl (C=O) groups excluding carboxylic acids is 1. The van der Waals surface area contributed by atoms with Crippen molar-refractivity contribution in [1.29, 1.82) is 0 Å². The lowest BCUT2D eigenvalue weighted by Crippen LogP contribution is -2.17. The van der Waals surface area contributed by atoms with Gasteiger partial charge in [0, 0.05) is 36.3 Å². The van der Waals surface area contributed by atoms with E-state index >= 15 is 0 Å². The summed E-state index contributed by atoms with van der Waals surface area (Å²) in [6, 6.07) is 16.9. The summed E-state index contributed by atoms with van der Waals surface area (Å²) in [6.45, 7) is 2.22. The van der Waals surface area contributed by atoms with Crippen LogP contribution in [0.1, 0.15) is 23.3 Å². The second-order valence-corrected chi connectivity index (χ2v) is 6.81. The van der Waals surface area contributed by atoms with Gasteiger partial charge in [-0.3, -0.25) is 4.79 Å². The molecule has 0 radical (unpaired) electrons. The molecule has 0 bridgehead atoms. The Morgan fingerprint density at radius 1 is 0.966 bits per heavy atom. The number of anilines is 4. The maximum atomic E-state index is 12.5. The van der Waals surface area contributed by atoms with E-state index in [2.05, 4.69) is 37.6 Å². The summed E-state index contributed by atoms with van der Waals surface area (Å²) < 4.78 is 5.12. The first-order valence-corrected chi connectivity index (χ1v) is 9.62. The van der Waals surface area contributed by atoms with E-state index < -0.39 is 0 Å². The molecule has 0 saturated carbocycles. The Morgan fingerprint density at radius 3 is 2.34 bits per heavy atom. The van der Waals surface area contributed by atoms with Crippen LogP contribution in [-0.2, 0) is 0 Å². The molecule has 3 aromatic rings. The molecule has 0 unspecified atom stereocenters. The normalized spacial score (nSPS) is 13.2. The fraction of sp³-hybridized carbons (Fsp3) is 0.227. The molecule has 148 valence electrons. The lowest BCUT2D eigenvalue weighted by Gasteiger charge is -2.17. The Bertz CT molecular complexity index is 967. The summed E-state index contributed by atoms with van der Waals surface area (Å²) in [7, 11) is 1.60. The first-order chi connectivity index (χ1) is 14.2. The van der Waals surface area contributed by atoms with Gasteiger partial charge in [-0.15, -0.1) is 0 Å². The minimum absolute atomic E-state index is 0.284. The monoisotopic (exact) mass is 389 g/mol. The summed E-state index contributed by atoms with van der Waals surface area (Å²) in [5.74, 6) is 0.804. The maximum absolute atomic E-state index is 12.5. The van der Waals surface area contributed by atoms with Gasteiger partial charge in [0.05, 0.1) is 7.11 Å². The molecule has 4 rings (SSSR count). The van der Waals surface area contributed by atoms with Crippen molar-refractivity contribution in [2.24, 2.45) is 0 Å². The van der Waals surface area contributed by atoms with Crippen molar-refractivity contribution in [1.82, 2.24) is 9.97 Å². The highest BCUT2D eigenvalue weighted by Crippen LogP contribution is 2.23. The maximum Gasteiger partial charge on any atom is 0.274 e. The number of rotatable bonds is 6. The molecule has 2 aromatic carbocycles. The van der Waals surface area contributed by atoms with Crippen molar-refractivity contribution < 1.29 is 9.53 Å². The molecule has 1 fully saturated rings. The van der Waals surface area contributed by atoms with Crippen LogP contribution in [0, 0.1) is 0 Å². The molecule has 7 nitrogen and oxygen atoms in total. The van der Waals surface area contributed by atoms with Gasteiger partial charge in [0.25, 0.3) is 5.91 Å². The highest BCUT2D eigenvalue weighted by atomic mass is 16.5. The first kappa shape index (κ1) is 18.7. The highest BCUT2D eigenvalue weighted by molar-refractivity contribution is 6.03. The highest BCUT2D eigenvalue weighted by Gasteiger charge is 2.12. The number of hydrogen-bond donors (Lipinski definition) is 2. The number of nitrogens with one attached hydrogen (secondary N) is 2. The SMILES string of the molecule is COc1ccc(NC(=O)c2ccnc(Nc3ccc(N4CCCC4)cc3)n2)cc1. The van der Waals surface area contributed by atoms with Gasteiger partial charge in [0.15, 0.2) is 0 Å². The predicted octanol–water partition coefficient (Wildman–Crippen LogP) is 4.08. The van der Waals surface area contributed by atoms with Crippen LogP contribution < -0.4 is 20.3 Å². The minimum atomic E-state index is -0.301. The lowest BCUT2D eigenvalue weighted by molar-refractivity contribution is 0.102. The van der Waals surface area contributed by atoms with E-state index in [1.807, 2.05) is 12.1 Å². The molecule has 1 aromatic heterocycles. The summed E-state index contributed by atoms with van der Waals surface area (Å²) in [4.78, 5) is 23.4. The van der Waals surface area contributed by atoms with Crippen molar-refractivity contribution in [2.45, 2.75) is 12.8 Å². The molecule has 7 heteroatoms. The Kier molecular flexibility index (Phi) is 5.56. The van der Waals surface area contributed by atoms with Crippen molar-refractivity contribution in [2.75, 3.05) is 35.7 Å². The van der Waals surface area contributed by atoms with Crippen LogP contribution in [0.5, 0.6) is 5.75 Å². The summed E-state index contributed by atoms with van der Waals surface area (Å²) >= 11 is 0. The number of nitrogens with zero attached hydrogens (tertiary/aromatic N) is 3. The third-order valence-corrected chi connectivity index (χ3v) is 4.83. The van der Waals surface area contributed by atoms with Crippen LogP contribution >= 0.6 is 0 Å².